The van der Waals surface area contributed by atoms with E-state index < -0.39 is 38.4 Å². The van der Waals surface area contributed by atoms with Crippen molar-refractivity contribution in [2.75, 3.05) is 20.4 Å². The highest BCUT2D eigenvalue weighted by Gasteiger charge is 2.23. The number of esters is 1. The van der Waals surface area contributed by atoms with Crippen LogP contribution in [0.15, 0.2) is 47.4 Å². The van der Waals surface area contributed by atoms with E-state index in [1.54, 1.807) is 19.1 Å². The number of sulfone groups is 1. The average Bonchev–Trinajstić information content (AvgIpc) is 2.70. The lowest BCUT2D eigenvalue weighted by Gasteiger charge is -2.25. The molecule has 0 fully saturated rings. The number of hydrogen-bond acceptors (Lipinski definition) is 7. The summed E-state index contributed by atoms with van der Waals surface area (Å²) in [5.41, 5.74) is 0.118. The van der Waals surface area contributed by atoms with Gasteiger partial charge in [0.2, 0.25) is 0 Å². The molecule has 0 saturated carbocycles. The van der Waals surface area contributed by atoms with Crippen LogP contribution in [-0.4, -0.2) is 50.5 Å². The largest absolute Gasteiger partial charge is 0.465 e. The molecule has 0 aromatic heterocycles. The minimum absolute atomic E-state index is 0.0401. The standard InChI is InChI=1S/C19H20N2O7S/c1-12(13-5-7-17(8-6-13)29(4,26)27)20(2)18(22)14-9-15(19(23)28-3)11-16(10-14)21(24)25/h5-12H,1-4H3. The van der Waals surface area contributed by atoms with E-state index >= 15 is 0 Å². The molecule has 2 rings (SSSR count). The van der Waals surface area contributed by atoms with Gasteiger partial charge in [0.1, 0.15) is 0 Å². The van der Waals surface area contributed by atoms with Crippen LogP contribution in [-0.2, 0) is 14.6 Å². The Morgan fingerprint density at radius 1 is 1.10 bits per heavy atom. The van der Waals surface area contributed by atoms with Gasteiger partial charge in [0, 0.05) is 31.0 Å². The first-order valence-electron chi connectivity index (χ1n) is 8.40. The predicted octanol–water partition coefficient (Wildman–Crippen LogP) is 2.62. The van der Waals surface area contributed by atoms with Gasteiger partial charge in [-0.1, -0.05) is 12.1 Å². The van der Waals surface area contributed by atoms with Crippen LogP contribution in [0.2, 0.25) is 0 Å². The van der Waals surface area contributed by atoms with Crippen LogP contribution in [0.1, 0.15) is 39.2 Å². The van der Waals surface area contributed by atoms with Crippen LogP contribution in [0, 0.1) is 10.1 Å². The molecule has 0 bridgehead atoms. The van der Waals surface area contributed by atoms with Gasteiger partial charge >= 0.3 is 5.97 Å². The zero-order chi connectivity index (χ0) is 21.9. The number of non-ortho nitro benzene ring substituents is 1. The Bertz CT molecular complexity index is 1060. The van der Waals surface area contributed by atoms with E-state index in [9.17, 15) is 28.1 Å². The Kier molecular flexibility index (Phi) is 6.38. The number of nitro benzene ring substituents is 1. The molecular formula is C19H20N2O7S. The lowest BCUT2D eigenvalue weighted by molar-refractivity contribution is -0.384. The van der Waals surface area contributed by atoms with E-state index in [1.165, 1.54) is 30.1 Å². The maximum Gasteiger partial charge on any atom is 0.338 e. The lowest BCUT2D eigenvalue weighted by Crippen LogP contribution is -2.30. The second-order valence-corrected chi connectivity index (χ2v) is 8.47. The normalized spacial score (nSPS) is 12.1. The molecule has 0 radical (unpaired) electrons. The molecular weight excluding hydrogens is 400 g/mol. The van der Waals surface area contributed by atoms with Gasteiger partial charge in [0.05, 0.1) is 28.5 Å². The quantitative estimate of drug-likeness (QED) is 0.400. The van der Waals surface area contributed by atoms with Crippen molar-refractivity contribution < 1.29 is 27.7 Å². The number of carbonyl (C=O) groups excluding carboxylic acids is 2. The van der Waals surface area contributed by atoms with Crippen molar-refractivity contribution in [2.45, 2.75) is 17.9 Å². The zero-order valence-electron chi connectivity index (χ0n) is 16.3. The highest BCUT2D eigenvalue weighted by molar-refractivity contribution is 7.90. The predicted molar refractivity (Wildman–Crippen MR) is 104 cm³/mol. The van der Waals surface area contributed by atoms with Crippen molar-refractivity contribution in [3.63, 3.8) is 0 Å². The number of carbonyl (C=O) groups is 2. The third kappa shape index (κ3) is 4.96. The summed E-state index contributed by atoms with van der Waals surface area (Å²) in [5, 5.41) is 11.2. The summed E-state index contributed by atoms with van der Waals surface area (Å²) in [6.45, 7) is 1.73. The van der Waals surface area contributed by atoms with E-state index in [0.717, 1.165) is 25.5 Å². The Morgan fingerprint density at radius 2 is 1.66 bits per heavy atom. The number of amides is 1. The summed E-state index contributed by atoms with van der Waals surface area (Å²) in [4.78, 5) is 36.6. The molecule has 0 heterocycles. The molecule has 1 atom stereocenters. The minimum Gasteiger partial charge on any atom is -0.465 e. The summed E-state index contributed by atoms with van der Waals surface area (Å²) in [6.07, 6.45) is 1.10. The van der Waals surface area contributed by atoms with Crippen molar-refractivity contribution in [1.29, 1.82) is 0 Å². The minimum atomic E-state index is -3.34. The van der Waals surface area contributed by atoms with Crippen molar-refractivity contribution in [1.82, 2.24) is 4.90 Å². The Hall–Kier alpha value is -3.27. The van der Waals surface area contributed by atoms with Gasteiger partial charge in [0.15, 0.2) is 9.84 Å². The van der Waals surface area contributed by atoms with Crippen molar-refractivity contribution in [2.24, 2.45) is 0 Å². The Morgan fingerprint density at radius 3 is 2.14 bits per heavy atom. The summed E-state index contributed by atoms with van der Waals surface area (Å²) in [6, 6.07) is 8.98. The number of rotatable bonds is 6. The number of nitro groups is 1. The van der Waals surface area contributed by atoms with Gasteiger partial charge in [-0.15, -0.1) is 0 Å². The first-order valence-corrected chi connectivity index (χ1v) is 10.3. The first kappa shape index (κ1) is 22.0. The van der Waals surface area contributed by atoms with Crippen LogP contribution in [0.5, 0.6) is 0 Å². The second-order valence-electron chi connectivity index (χ2n) is 6.45. The van der Waals surface area contributed by atoms with E-state index in [4.69, 9.17) is 0 Å². The van der Waals surface area contributed by atoms with Gasteiger partial charge in [-0.3, -0.25) is 14.9 Å². The topological polar surface area (TPSA) is 124 Å². The van der Waals surface area contributed by atoms with Crippen molar-refractivity contribution in [3.8, 4) is 0 Å². The molecule has 0 saturated heterocycles. The van der Waals surface area contributed by atoms with Crippen LogP contribution in [0.4, 0.5) is 5.69 Å². The fourth-order valence-corrected chi connectivity index (χ4v) is 3.30. The first-order chi connectivity index (χ1) is 13.5. The smallest absolute Gasteiger partial charge is 0.338 e. The molecule has 1 unspecified atom stereocenters. The molecule has 0 N–H and O–H groups in total. The van der Waals surface area contributed by atoms with Crippen molar-refractivity contribution in [3.05, 3.63) is 69.3 Å². The number of methoxy groups -OCH3 is 1. The van der Waals surface area contributed by atoms with Gasteiger partial charge in [0.25, 0.3) is 11.6 Å². The molecule has 9 nitrogen and oxygen atoms in total. The summed E-state index contributed by atoms with van der Waals surface area (Å²) in [7, 11) is -0.697. The van der Waals surface area contributed by atoms with Crippen LogP contribution < -0.4 is 0 Å². The molecule has 1 amide bonds. The van der Waals surface area contributed by atoms with E-state index in [-0.39, 0.29) is 16.0 Å². The third-order valence-corrected chi connectivity index (χ3v) is 5.62. The fourth-order valence-electron chi connectivity index (χ4n) is 2.67. The fraction of sp³-hybridized carbons (Fsp3) is 0.263. The summed E-state index contributed by atoms with van der Waals surface area (Å²) in [5.74, 6) is -1.34. The molecule has 2 aromatic carbocycles. The van der Waals surface area contributed by atoms with Gasteiger partial charge in [-0.05, 0) is 30.7 Å². The summed E-state index contributed by atoms with van der Waals surface area (Å²) >= 11 is 0. The molecule has 0 aliphatic rings. The van der Waals surface area contributed by atoms with Crippen molar-refractivity contribution >= 4 is 27.4 Å². The van der Waals surface area contributed by atoms with Gasteiger partial charge < -0.3 is 9.64 Å². The molecule has 29 heavy (non-hydrogen) atoms. The van der Waals surface area contributed by atoms with Crippen LogP contribution in [0.3, 0.4) is 0 Å². The summed E-state index contributed by atoms with van der Waals surface area (Å²) < 4.78 is 27.8. The van der Waals surface area contributed by atoms with E-state index in [2.05, 4.69) is 4.74 Å². The number of benzene rings is 2. The SMILES string of the molecule is COC(=O)c1cc(C(=O)N(C)C(C)c2ccc(S(C)(=O)=O)cc2)cc([N+](=O)[O-])c1. The number of ether oxygens (including phenoxy) is 1. The maximum absolute atomic E-state index is 12.9. The van der Waals surface area contributed by atoms with Gasteiger partial charge in [-0.2, -0.15) is 0 Å². The molecule has 10 heteroatoms. The number of hydrogen-bond donors (Lipinski definition) is 0. The number of nitrogens with zero attached hydrogens (tertiary/aromatic N) is 2. The average molecular weight is 420 g/mol. The van der Waals surface area contributed by atoms with Crippen LogP contribution in [0.25, 0.3) is 0 Å². The molecule has 154 valence electrons. The molecule has 2 aromatic rings. The lowest BCUT2D eigenvalue weighted by atomic mass is 10.0. The molecule has 0 spiro atoms. The Balaban J connectivity index is 2.36. The monoisotopic (exact) mass is 420 g/mol. The molecule has 0 aliphatic heterocycles. The third-order valence-electron chi connectivity index (χ3n) is 4.49. The van der Waals surface area contributed by atoms with Crippen LogP contribution >= 0.6 is 0 Å². The van der Waals surface area contributed by atoms with E-state index in [0.29, 0.717) is 5.56 Å². The van der Waals surface area contributed by atoms with E-state index in [1.807, 2.05) is 0 Å². The maximum atomic E-state index is 12.9. The van der Waals surface area contributed by atoms with Gasteiger partial charge in [-0.25, -0.2) is 13.2 Å². The second kappa shape index (κ2) is 8.39. The zero-order valence-corrected chi connectivity index (χ0v) is 17.1. The highest BCUT2D eigenvalue weighted by atomic mass is 32.2. The Labute approximate surface area is 168 Å². The highest BCUT2D eigenvalue weighted by Crippen LogP contribution is 2.25. The molecule has 0 aliphatic carbocycles.